The van der Waals surface area contributed by atoms with Gasteiger partial charge in [-0.1, -0.05) is 30.0 Å². The minimum atomic E-state index is -0.528. The third-order valence-corrected chi connectivity index (χ3v) is 6.58. The number of aromatic nitrogens is 1. The number of nitrogens with two attached hydrogens (primary N) is 1. The fraction of sp³-hybridized carbons (Fsp3) is 0.250. The van der Waals surface area contributed by atoms with E-state index < -0.39 is 5.91 Å². The molecule has 0 bridgehead atoms. The van der Waals surface area contributed by atoms with E-state index in [1.54, 1.807) is 0 Å². The Labute approximate surface area is 166 Å². The number of pyridine rings is 1. The maximum Gasteiger partial charge on any atom is 0.251 e. The Morgan fingerprint density at radius 1 is 1.22 bits per heavy atom. The highest BCUT2D eigenvalue weighted by Crippen LogP contribution is 2.33. The number of nitrogens with zero attached hydrogens (tertiary/aromatic N) is 1. The summed E-state index contributed by atoms with van der Waals surface area (Å²) in [6.45, 7) is 7.60. The minimum Gasteiger partial charge on any atom is -0.365 e. The van der Waals surface area contributed by atoms with Crippen LogP contribution in [0, 0.1) is 20.8 Å². The highest BCUT2D eigenvalue weighted by Gasteiger charge is 2.22. The summed E-state index contributed by atoms with van der Waals surface area (Å²) in [6.07, 6.45) is 0. The van der Waals surface area contributed by atoms with Gasteiger partial charge in [0.05, 0.1) is 21.4 Å². The van der Waals surface area contributed by atoms with Gasteiger partial charge in [-0.05, 0) is 51.0 Å². The van der Waals surface area contributed by atoms with Gasteiger partial charge < -0.3 is 11.1 Å². The predicted octanol–water partition coefficient (Wildman–Crippen LogP) is 4.44. The Bertz CT molecular complexity index is 1040. The van der Waals surface area contributed by atoms with Crippen molar-refractivity contribution in [3.8, 4) is 0 Å². The van der Waals surface area contributed by atoms with Crippen LogP contribution >= 0.6 is 23.1 Å². The number of fused-ring (bicyclic) bond motifs is 1. The van der Waals surface area contributed by atoms with Crippen LogP contribution in [0.1, 0.15) is 33.3 Å². The van der Waals surface area contributed by atoms with Crippen molar-refractivity contribution in [3.63, 3.8) is 0 Å². The van der Waals surface area contributed by atoms with Crippen molar-refractivity contribution < 1.29 is 9.59 Å². The predicted molar refractivity (Wildman–Crippen MR) is 113 cm³/mol. The Morgan fingerprint density at radius 3 is 2.63 bits per heavy atom. The number of rotatable bonds is 5. The molecule has 0 aliphatic carbocycles. The monoisotopic (exact) mass is 399 g/mol. The number of hydrogen-bond acceptors (Lipinski definition) is 5. The van der Waals surface area contributed by atoms with Gasteiger partial charge in [0, 0.05) is 10.3 Å². The average Bonchev–Trinajstić information content (AvgIpc) is 2.88. The molecule has 1 unspecified atom stereocenters. The van der Waals surface area contributed by atoms with E-state index in [-0.39, 0.29) is 11.2 Å². The molecule has 0 fully saturated rings. The van der Waals surface area contributed by atoms with Crippen molar-refractivity contribution in [3.05, 3.63) is 51.9 Å². The molecule has 3 aromatic rings. The van der Waals surface area contributed by atoms with E-state index in [1.807, 2.05) is 58.0 Å². The zero-order valence-electron chi connectivity index (χ0n) is 15.6. The van der Waals surface area contributed by atoms with Gasteiger partial charge in [-0.25, -0.2) is 4.98 Å². The molecule has 1 atom stereocenters. The van der Waals surface area contributed by atoms with E-state index >= 15 is 0 Å². The molecule has 27 heavy (non-hydrogen) atoms. The molecule has 2 heterocycles. The van der Waals surface area contributed by atoms with Crippen LogP contribution in [0.2, 0.25) is 0 Å². The molecule has 3 rings (SSSR count). The lowest BCUT2D eigenvalue weighted by Gasteiger charge is -2.12. The van der Waals surface area contributed by atoms with E-state index in [0.717, 1.165) is 31.9 Å². The third-order valence-electron chi connectivity index (χ3n) is 4.43. The largest absolute Gasteiger partial charge is 0.365 e. The summed E-state index contributed by atoms with van der Waals surface area (Å²) in [7, 11) is 0. The Hall–Kier alpha value is -2.38. The number of carbonyl (C=O) groups excluding carboxylic acids is 2. The van der Waals surface area contributed by atoms with E-state index in [4.69, 9.17) is 5.73 Å². The number of thioether (sulfide) groups is 1. The average molecular weight is 400 g/mol. The first-order chi connectivity index (χ1) is 12.8. The first kappa shape index (κ1) is 19.4. The van der Waals surface area contributed by atoms with Crippen LogP contribution in [-0.4, -0.2) is 22.0 Å². The number of hydrogen-bond donors (Lipinski definition) is 2. The van der Waals surface area contributed by atoms with Gasteiger partial charge in [0.15, 0.2) is 0 Å². The van der Waals surface area contributed by atoms with Gasteiger partial charge in [-0.2, -0.15) is 0 Å². The van der Waals surface area contributed by atoms with Gasteiger partial charge in [-0.15, -0.1) is 11.3 Å². The standard InChI is InChI=1S/C20H21N3O2S2/c1-10-9-16(22-15-8-6-5-7-14(10)15)26-13(4)19(25)23-20-17(18(21)24)11(2)12(3)27-20/h5-9,13H,1-4H3,(H2,21,24)(H,23,25). The number of anilines is 1. The molecule has 1 aromatic carbocycles. The number of primary amides is 1. The fourth-order valence-corrected chi connectivity index (χ4v) is 4.83. The van der Waals surface area contributed by atoms with Gasteiger partial charge in [-0.3, -0.25) is 9.59 Å². The number of aryl methyl sites for hydroxylation is 2. The lowest BCUT2D eigenvalue weighted by Crippen LogP contribution is -2.24. The quantitative estimate of drug-likeness (QED) is 0.621. The number of benzene rings is 1. The molecule has 0 aliphatic rings. The molecule has 0 radical (unpaired) electrons. The van der Waals surface area contributed by atoms with Crippen LogP contribution in [0.15, 0.2) is 35.4 Å². The summed E-state index contributed by atoms with van der Waals surface area (Å²) < 4.78 is 0. The first-order valence-corrected chi connectivity index (χ1v) is 10.2. The minimum absolute atomic E-state index is 0.184. The smallest absolute Gasteiger partial charge is 0.251 e. The second-order valence-electron chi connectivity index (χ2n) is 6.40. The topological polar surface area (TPSA) is 85.1 Å². The molecule has 0 saturated carbocycles. The molecular formula is C20H21N3O2S2. The van der Waals surface area contributed by atoms with Crippen molar-refractivity contribution >= 4 is 50.8 Å². The maximum absolute atomic E-state index is 12.7. The van der Waals surface area contributed by atoms with Crippen LogP contribution in [0.5, 0.6) is 0 Å². The van der Waals surface area contributed by atoms with E-state index in [9.17, 15) is 9.59 Å². The lowest BCUT2D eigenvalue weighted by atomic mass is 10.1. The van der Waals surface area contributed by atoms with Crippen molar-refractivity contribution in [2.75, 3.05) is 5.32 Å². The third kappa shape index (κ3) is 3.99. The van der Waals surface area contributed by atoms with Crippen LogP contribution < -0.4 is 11.1 Å². The summed E-state index contributed by atoms with van der Waals surface area (Å²) >= 11 is 2.76. The van der Waals surface area contributed by atoms with E-state index in [0.29, 0.717) is 10.6 Å². The van der Waals surface area contributed by atoms with E-state index in [2.05, 4.69) is 10.3 Å². The molecule has 0 saturated heterocycles. The van der Waals surface area contributed by atoms with Crippen molar-refractivity contribution in [1.82, 2.24) is 4.98 Å². The molecule has 2 aromatic heterocycles. The second kappa shape index (κ2) is 7.70. The summed E-state index contributed by atoms with van der Waals surface area (Å²) in [5, 5.41) is 4.89. The van der Waals surface area contributed by atoms with Crippen LogP contribution in [0.25, 0.3) is 10.9 Å². The Kier molecular flexibility index (Phi) is 5.53. The maximum atomic E-state index is 12.7. The molecule has 3 N–H and O–H groups in total. The second-order valence-corrected chi connectivity index (χ2v) is 8.98. The van der Waals surface area contributed by atoms with Crippen molar-refractivity contribution in [2.45, 2.75) is 38.0 Å². The van der Waals surface area contributed by atoms with Gasteiger partial charge in [0.2, 0.25) is 5.91 Å². The Morgan fingerprint density at radius 2 is 1.93 bits per heavy atom. The number of para-hydroxylation sites is 1. The SMILES string of the molecule is Cc1sc(NC(=O)C(C)Sc2cc(C)c3ccccc3n2)c(C(N)=O)c1C. The van der Waals surface area contributed by atoms with Crippen LogP contribution in [0.4, 0.5) is 5.00 Å². The summed E-state index contributed by atoms with van der Waals surface area (Å²) in [6, 6.07) is 9.93. The molecule has 140 valence electrons. The number of thiophene rings is 1. The van der Waals surface area contributed by atoms with Crippen LogP contribution in [-0.2, 0) is 4.79 Å². The zero-order chi connectivity index (χ0) is 19.7. The molecule has 7 heteroatoms. The molecule has 5 nitrogen and oxygen atoms in total. The van der Waals surface area contributed by atoms with E-state index in [1.165, 1.54) is 23.1 Å². The van der Waals surface area contributed by atoms with Gasteiger partial charge in [0.25, 0.3) is 5.91 Å². The lowest BCUT2D eigenvalue weighted by molar-refractivity contribution is -0.115. The normalized spacial score (nSPS) is 12.1. The highest BCUT2D eigenvalue weighted by molar-refractivity contribution is 8.00. The summed E-state index contributed by atoms with van der Waals surface area (Å²) in [4.78, 5) is 30.0. The van der Waals surface area contributed by atoms with Crippen molar-refractivity contribution in [2.24, 2.45) is 5.73 Å². The first-order valence-electron chi connectivity index (χ1n) is 8.51. The summed E-state index contributed by atoms with van der Waals surface area (Å²) in [5.74, 6) is -0.712. The highest BCUT2D eigenvalue weighted by atomic mass is 32.2. The number of nitrogens with one attached hydrogen (secondary N) is 1. The molecule has 0 aliphatic heterocycles. The fourth-order valence-electron chi connectivity index (χ4n) is 2.84. The number of carbonyl (C=O) groups is 2. The van der Waals surface area contributed by atoms with Crippen LogP contribution in [0.3, 0.4) is 0 Å². The molecular weight excluding hydrogens is 378 g/mol. The molecule has 0 spiro atoms. The Balaban J connectivity index is 1.79. The molecule has 2 amide bonds. The van der Waals surface area contributed by atoms with Gasteiger partial charge in [0.1, 0.15) is 5.00 Å². The zero-order valence-corrected chi connectivity index (χ0v) is 17.3. The van der Waals surface area contributed by atoms with Crippen molar-refractivity contribution in [1.29, 1.82) is 0 Å². The summed E-state index contributed by atoms with van der Waals surface area (Å²) in [5.41, 5.74) is 8.71. The van der Waals surface area contributed by atoms with Gasteiger partial charge >= 0.3 is 0 Å². The number of amides is 2.